The van der Waals surface area contributed by atoms with Gasteiger partial charge in [-0.3, -0.25) is 19.6 Å². The standard InChI is InChI=1S/C7H10N4O3/c1-7(2,6(8)12)10-4-5(3-9-10)11(13)14/h3-4H,1-2H3,(H2,8,12). The van der Waals surface area contributed by atoms with Gasteiger partial charge in [0.1, 0.15) is 17.9 Å². The Labute approximate surface area is 79.7 Å². The molecule has 0 unspecified atom stereocenters. The van der Waals surface area contributed by atoms with Crippen LogP contribution in [-0.4, -0.2) is 20.6 Å². The zero-order chi connectivity index (χ0) is 10.9. The van der Waals surface area contributed by atoms with Gasteiger partial charge in [0, 0.05) is 0 Å². The van der Waals surface area contributed by atoms with Crippen molar-refractivity contribution >= 4 is 11.6 Å². The molecule has 0 saturated carbocycles. The second-order valence-electron chi connectivity index (χ2n) is 3.32. The molecule has 0 aromatic carbocycles. The lowest BCUT2D eigenvalue weighted by Crippen LogP contribution is -2.41. The molecular formula is C7H10N4O3. The fourth-order valence-corrected chi connectivity index (χ4v) is 0.826. The van der Waals surface area contributed by atoms with Crippen LogP contribution in [0, 0.1) is 10.1 Å². The Morgan fingerprint density at radius 3 is 2.64 bits per heavy atom. The molecule has 0 atom stereocenters. The molecule has 0 fully saturated rings. The number of carbonyl (C=O) groups excluding carboxylic acids is 1. The highest BCUT2D eigenvalue weighted by molar-refractivity contribution is 5.81. The summed E-state index contributed by atoms with van der Waals surface area (Å²) in [7, 11) is 0. The van der Waals surface area contributed by atoms with Gasteiger partial charge in [-0.15, -0.1) is 0 Å². The maximum absolute atomic E-state index is 11.0. The van der Waals surface area contributed by atoms with Gasteiger partial charge >= 0.3 is 5.69 Å². The predicted octanol–water partition coefficient (Wildman–Crippen LogP) is 0.0117. The van der Waals surface area contributed by atoms with E-state index in [4.69, 9.17) is 5.73 Å². The Hall–Kier alpha value is -1.92. The zero-order valence-corrected chi connectivity index (χ0v) is 7.80. The summed E-state index contributed by atoms with van der Waals surface area (Å²) >= 11 is 0. The first-order valence-electron chi connectivity index (χ1n) is 3.85. The van der Waals surface area contributed by atoms with Gasteiger partial charge in [-0.1, -0.05) is 0 Å². The van der Waals surface area contributed by atoms with Crippen molar-refractivity contribution in [3.8, 4) is 0 Å². The van der Waals surface area contributed by atoms with Crippen molar-refractivity contribution in [3.05, 3.63) is 22.5 Å². The monoisotopic (exact) mass is 198 g/mol. The molecule has 0 saturated heterocycles. The zero-order valence-electron chi connectivity index (χ0n) is 7.80. The van der Waals surface area contributed by atoms with Crippen LogP contribution in [0.1, 0.15) is 13.8 Å². The van der Waals surface area contributed by atoms with E-state index >= 15 is 0 Å². The number of nitrogens with two attached hydrogens (primary N) is 1. The highest BCUT2D eigenvalue weighted by Crippen LogP contribution is 2.17. The van der Waals surface area contributed by atoms with Gasteiger partial charge in [0.2, 0.25) is 5.91 Å². The average Bonchev–Trinajstić information content (AvgIpc) is 2.51. The van der Waals surface area contributed by atoms with Gasteiger partial charge in [0.15, 0.2) is 0 Å². The van der Waals surface area contributed by atoms with Gasteiger partial charge < -0.3 is 5.73 Å². The van der Waals surface area contributed by atoms with Crippen LogP contribution >= 0.6 is 0 Å². The summed E-state index contributed by atoms with van der Waals surface area (Å²) in [5, 5.41) is 14.1. The molecule has 1 heterocycles. The van der Waals surface area contributed by atoms with E-state index in [1.165, 1.54) is 24.7 Å². The normalized spacial score (nSPS) is 11.3. The van der Waals surface area contributed by atoms with E-state index in [0.29, 0.717) is 0 Å². The van der Waals surface area contributed by atoms with Crippen LogP contribution in [0.2, 0.25) is 0 Å². The van der Waals surface area contributed by atoms with Crippen LogP contribution in [0.25, 0.3) is 0 Å². The molecule has 1 amide bonds. The van der Waals surface area contributed by atoms with Crippen LogP contribution in [0.5, 0.6) is 0 Å². The van der Waals surface area contributed by atoms with Crippen molar-refractivity contribution in [1.29, 1.82) is 0 Å². The lowest BCUT2D eigenvalue weighted by atomic mass is 10.1. The molecule has 1 rings (SSSR count). The van der Waals surface area contributed by atoms with Crippen molar-refractivity contribution in [2.45, 2.75) is 19.4 Å². The Morgan fingerprint density at radius 1 is 1.71 bits per heavy atom. The maximum Gasteiger partial charge on any atom is 0.307 e. The molecule has 0 spiro atoms. The Kier molecular flexibility index (Phi) is 2.24. The van der Waals surface area contributed by atoms with Gasteiger partial charge in [0.25, 0.3) is 0 Å². The van der Waals surface area contributed by atoms with Gasteiger partial charge in [-0.2, -0.15) is 5.10 Å². The second kappa shape index (κ2) is 3.09. The fourth-order valence-electron chi connectivity index (χ4n) is 0.826. The summed E-state index contributed by atoms with van der Waals surface area (Å²) < 4.78 is 1.17. The number of hydrogen-bond acceptors (Lipinski definition) is 4. The number of hydrogen-bond donors (Lipinski definition) is 1. The number of primary amides is 1. The summed E-state index contributed by atoms with van der Waals surface area (Å²) in [6.07, 6.45) is 2.25. The van der Waals surface area contributed by atoms with E-state index in [2.05, 4.69) is 5.10 Å². The molecule has 7 heteroatoms. The molecule has 1 aromatic heterocycles. The van der Waals surface area contributed by atoms with Gasteiger partial charge in [-0.05, 0) is 13.8 Å². The van der Waals surface area contributed by atoms with Gasteiger partial charge in [-0.25, -0.2) is 0 Å². The molecule has 76 valence electrons. The third-order valence-electron chi connectivity index (χ3n) is 1.96. The summed E-state index contributed by atoms with van der Waals surface area (Å²) in [4.78, 5) is 20.8. The largest absolute Gasteiger partial charge is 0.368 e. The van der Waals surface area contributed by atoms with Gasteiger partial charge in [0.05, 0.1) is 4.92 Å². The van der Waals surface area contributed by atoms with Crippen LogP contribution < -0.4 is 5.73 Å². The van der Waals surface area contributed by atoms with Crippen molar-refractivity contribution in [1.82, 2.24) is 9.78 Å². The van der Waals surface area contributed by atoms with E-state index in [9.17, 15) is 14.9 Å². The van der Waals surface area contributed by atoms with Crippen molar-refractivity contribution in [3.63, 3.8) is 0 Å². The molecule has 1 aromatic rings. The first-order chi connectivity index (χ1) is 6.35. The summed E-state index contributed by atoms with van der Waals surface area (Å²) in [5.74, 6) is -0.601. The van der Waals surface area contributed by atoms with E-state index in [1.807, 2.05) is 0 Å². The molecule has 0 aliphatic rings. The van der Waals surface area contributed by atoms with E-state index in [1.54, 1.807) is 0 Å². The molecule has 7 nitrogen and oxygen atoms in total. The van der Waals surface area contributed by atoms with Crippen LogP contribution in [0.4, 0.5) is 5.69 Å². The number of rotatable bonds is 3. The minimum absolute atomic E-state index is 0.167. The summed E-state index contributed by atoms with van der Waals surface area (Å²) in [5.41, 5.74) is 3.89. The number of nitro groups is 1. The molecule has 2 N–H and O–H groups in total. The van der Waals surface area contributed by atoms with Crippen LogP contribution in [0.3, 0.4) is 0 Å². The second-order valence-corrected chi connectivity index (χ2v) is 3.32. The number of aromatic nitrogens is 2. The van der Waals surface area contributed by atoms with Crippen LogP contribution in [0.15, 0.2) is 12.4 Å². The minimum Gasteiger partial charge on any atom is -0.368 e. The third-order valence-corrected chi connectivity index (χ3v) is 1.96. The number of amides is 1. The molecular weight excluding hydrogens is 188 g/mol. The highest BCUT2D eigenvalue weighted by atomic mass is 16.6. The van der Waals surface area contributed by atoms with Crippen molar-refractivity contribution in [2.24, 2.45) is 5.73 Å². The third kappa shape index (κ3) is 1.56. The van der Waals surface area contributed by atoms with E-state index < -0.39 is 16.4 Å². The Morgan fingerprint density at radius 2 is 2.29 bits per heavy atom. The highest BCUT2D eigenvalue weighted by Gasteiger charge is 2.29. The molecule has 0 bridgehead atoms. The van der Waals surface area contributed by atoms with E-state index in [0.717, 1.165) is 6.20 Å². The number of nitrogens with zero attached hydrogens (tertiary/aromatic N) is 3. The number of carbonyl (C=O) groups is 1. The SMILES string of the molecule is CC(C)(C(N)=O)n1cc([N+](=O)[O-])cn1. The van der Waals surface area contributed by atoms with Crippen molar-refractivity contribution < 1.29 is 9.72 Å². The lowest BCUT2D eigenvalue weighted by molar-refractivity contribution is -0.385. The summed E-state index contributed by atoms with van der Waals surface area (Å²) in [6, 6.07) is 0. The van der Waals surface area contributed by atoms with Crippen LogP contribution in [-0.2, 0) is 10.3 Å². The van der Waals surface area contributed by atoms with E-state index in [-0.39, 0.29) is 5.69 Å². The molecule has 0 radical (unpaired) electrons. The molecule has 14 heavy (non-hydrogen) atoms. The topological polar surface area (TPSA) is 104 Å². The fraction of sp³-hybridized carbons (Fsp3) is 0.429. The predicted molar refractivity (Wildman–Crippen MR) is 47.4 cm³/mol. The maximum atomic E-state index is 11.0. The molecule has 0 aliphatic carbocycles. The Balaban J connectivity index is 3.09. The average molecular weight is 198 g/mol. The van der Waals surface area contributed by atoms with Crippen molar-refractivity contribution in [2.75, 3.05) is 0 Å². The lowest BCUT2D eigenvalue weighted by Gasteiger charge is -2.20. The molecule has 0 aliphatic heterocycles. The first kappa shape index (κ1) is 10.2. The minimum atomic E-state index is -1.06. The summed E-state index contributed by atoms with van der Waals surface area (Å²) in [6.45, 7) is 3.07. The Bertz CT molecular complexity index is 382. The first-order valence-corrected chi connectivity index (χ1v) is 3.85. The quantitative estimate of drug-likeness (QED) is 0.545. The smallest absolute Gasteiger partial charge is 0.307 e.